The van der Waals surface area contributed by atoms with Gasteiger partial charge in [-0.3, -0.25) is 18.9 Å². The number of halogens is 1. The van der Waals surface area contributed by atoms with Crippen molar-refractivity contribution in [1.29, 1.82) is 0 Å². The molecule has 0 aromatic carbocycles. The molecule has 1 aliphatic rings. The van der Waals surface area contributed by atoms with E-state index in [4.69, 9.17) is 14.5 Å². The molecule has 0 radical (unpaired) electrons. The zero-order valence-electron chi connectivity index (χ0n) is 11.2. The average Bonchev–Trinajstić information content (AvgIpc) is 2.61. The third-order valence-electron chi connectivity index (χ3n) is 3.23. The fraction of sp³-hybridized carbons (Fsp3) is 0.600. The first-order valence-electron chi connectivity index (χ1n) is 6.05. The maximum absolute atomic E-state index is 14.2. The van der Waals surface area contributed by atoms with Gasteiger partial charge in [0.25, 0.3) is 5.56 Å². The number of aromatic amines is 1. The largest absolute Gasteiger partial charge is 0.469 e. The third kappa shape index (κ3) is 3.35. The summed E-state index contributed by atoms with van der Waals surface area (Å²) >= 11 is 0. The molecule has 1 fully saturated rings. The van der Waals surface area contributed by atoms with E-state index in [0.29, 0.717) is 0 Å². The number of hydrogen-bond donors (Lipinski definition) is 4. The Bertz CT molecular complexity index is 713. The zero-order chi connectivity index (χ0) is 16.7. The molecule has 0 spiro atoms. The van der Waals surface area contributed by atoms with Crippen LogP contribution in [0.1, 0.15) is 13.2 Å². The van der Waals surface area contributed by atoms with Crippen LogP contribution >= 0.6 is 7.82 Å². The first-order valence-corrected chi connectivity index (χ1v) is 7.58. The third-order valence-corrected chi connectivity index (χ3v) is 3.70. The van der Waals surface area contributed by atoms with Crippen molar-refractivity contribution in [2.45, 2.75) is 31.0 Å². The molecule has 1 saturated heterocycles. The Labute approximate surface area is 122 Å². The minimum Gasteiger partial charge on any atom is -0.387 e. The topological polar surface area (TPSA) is 151 Å². The van der Waals surface area contributed by atoms with Crippen molar-refractivity contribution >= 4 is 7.82 Å². The summed E-state index contributed by atoms with van der Waals surface area (Å²) in [6.07, 6.45) is -4.47. The van der Waals surface area contributed by atoms with Gasteiger partial charge in [-0.25, -0.2) is 13.8 Å². The van der Waals surface area contributed by atoms with Crippen LogP contribution in [0.25, 0.3) is 0 Å². The summed E-state index contributed by atoms with van der Waals surface area (Å²) in [5, 5.41) is 9.87. The molecule has 124 valence electrons. The second kappa shape index (κ2) is 5.69. The van der Waals surface area contributed by atoms with E-state index in [9.17, 15) is 23.7 Å². The highest BCUT2D eigenvalue weighted by atomic mass is 31.2. The second-order valence-electron chi connectivity index (χ2n) is 4.99. The van der Waals surface area contributed by atoms with Crippen molar-refractivity contribution in [3.63, 3.8) is 0 Å². The number of phosphoric acid groups is 1. The lowest BCUT2D eigenvalue weighted by atomic mass is 9.99. The number of aliphatic hydroxyl groups is 1. The van der Waals surface area contributed by atoms with Crippen LogP contribution in [0.5, 0.6) is 0 Å². The minimum atomic E-state index is -4.84. The molecule has 1 aromatic rings. The normalized spacial score (nSPS) is 32.3. The van der Waals surface area contributed by atoms with Crippen LogP contribution in [0.15, 0.2) is 21.9 Å². The number of H-pyrrole nitrogens is 1. The predicted molar refractivity (Wildman–Crippen MR) is 68.7 cm³/mol. The van der Waals surface area contributed by atoms with E-state index in [1.165, 1.54) is 6.92 Å². The van der Waals surface area contributed by atoms with E-state index in [2.05, 4.69) is 4.52 Å². The summed E-state index contributed by atoms with van der Waals surface area (Å²) < 4.78 is 35.1. The smallest absolute Gasteiger partial charge is 0.387 e. The SMILES string of the molecule is C[C@]1(COP(=O)(O)O)OC(n2ccc(=O)[nH]c2=O)[C@H](F)[C@@H]1O. The highest BCUT2D eigenvalue weighted by Crippen LogP contribution is 2.43. The molecule has 0 amide bonds. The van der Waals surface area contributed by atoms with Gasteiger partial charge in [-0.05, 0) is 6.92 Å². The number of aliphatic hydroxyl groups excluding tert-OH is 1. The lowest BCUT2D eigenvalue weighted by molar-refractivity contribution is -0.115. The summed E-state index contributed by atoms with van der Waals surface area (Å²) in [5.41, 5.74) is -3.43. The highest BCUT2D eigenvalue weighted by molar-refractivity contribution is 7.46. The van der Waals surface area contributed by atoms with Gasteiger partial charge in [-0.2, -0.15) is 0 Å². The van der Waals surface area contributed by atoms with E-state index in [1.54, 1.807) is 0 Å². The van der Waals surface area contributed by atoms with Gasteiger partial charge in [0, 0.05) is 12.3 Å². The summed E-state index contributed by atoms with van der Waals surface area (Å²) in [7, 11) is -4.84. The summed E-state index contributed by atoms with van der Waals surface area (Å²) in [4.78, 5) is 41.8. The number of nitrogens with zero attached hydrogens (tertiary/aromatic N) is 1. The Morgan fingerprint density at radius 2 is 2.18 bits per heavy atom. The van der Waals surface area contributed by atoms with Crippen molar-refractivity contribution in [2.75, 3.05) is 6.61 Å². The van der Waals surface area contributed by atoms with Crippen LogP contribution < -0.4 is 11.2 Å². The fourth-order valence-corrected chi connectivity index (χ4v) is 2.50. The predicted octanol–water partition coefficient (Wildman–Crippen LogP) is -1.37. The molecule has 1 unspecified atom stereocenters. The van der Waals surface area contributed by atoms with Crippen LogP contribution in [0.4, 0.5) is 4.39 Å². The van der Waals surface area contributed by atoms with Crippen LogP contribution in [0, 0.1) is 0 Å². The van der Waals surface area contributed by atoms with Crippen molar-refractivity contribution in [3.8, 4) is 0 Å². The van der Waals surface area contributed by atoms with Gasteiger partial charge in [0.1, 0.15) is 11.7 Å². The number of alkyl halides is 1. The Morgan fingerprint density at radius 1 is 1.55 bits per heavy atom. The number of rotatable bonds is 4. The van der Waals surface area contributed by atoms with Gasteiger partial charge < -0.3 is 19.6 Å². The quantitative estimate of drug-likeness (QED) is 0.490. The van der Waals surface area contributed by atoms with Crippen LogP contribution in [-0.4, -0.2) is 48.9 Å². The van der Waals surface area contributed by atoms with Crippen molar-refractivity contribution in [1.82, 2.24) is 9.55 Å². The summed E-state index contributed by atoms with van der Waals surface area (Å²) in [6.45, 7) is 0.379. The molecule has 1 aliphatic heterocycles. The van der Waals surface area contributed by atoms with E-state index in [-0.39, 0.29) is 0 Å². The number of ether oxygens (including phenoxy) is 1. The van der Waals surface area contributed by atoms with E-state index in [0.717, 1.165) is 16.8 Å². The maximum atomic E-state index is 14.2. The van der Waals surface area contributed by atoms with E-state index >= 15 is 0 Å². The molecular formula is C10H14FN2O8P. The molecule has 10 nitrogen and oxygen atoms in total. The first-order chi connectivity index (χ1) is 10.0. The van der Waals surface area contributed by atoms with Crippen molar-refractivity contribution in [2.24, 2.45) is 0 Å². The van der Waals surface area contributed by atoms with Crippen molar-refractivity contribution < 1.29 is 33.1 Å². The molecule has 2 rings (SSSR count). The molecule has 22 heavy (non-hydrogen) atoms. The summed E-state index contributed by atoms with van der Waals surface area (Å²) in [6, 6.07) is 0.964. The Morgan fingerprint density at radius 3 is 2.73 bits per heavy atom. The standard InChI is InChI=1S/C10H14FN2O8P/c1-10(4-20-22(17,18)19)7(15)6(11)8(21-10)13-3-2-5(14)12-9(13)16/h2-3,6-8,15H,4H2,1H3,(H,12,14,16)(H2,17,18,19)/t6-,7+,8?,10-/m1/s1. The monoisotopic (exact) mass is 340 g/mol. The highest BCUT2D eigenvalue weighted by Gasteiger charge is 2.54. The molecule has 1 aromatic heterocycles. The molecule has 4 N–H and O–H groups in total. The average molecular weight is 340 g/mol. The summed E-state index contributed by atoms with van der Waals surface area (Å²) in [5.74, 6) is 0. The second-order valence-corrected chi connectivity index (χ2v) is 6.23. The Kier molecular flexibility index (Phi) is 4.39. The molecule has 0 aliphatic carbocycles. The van der Waals surface area contributed by atoms with Gasteiger partial charge in [-0.1, -0.05) is 0 Å². The maximum Gasteiger partial charge on any atom is 0.469 e. The number of phosphoric ester groups is 1. The van der Waals surface area contributed by atoms with Crippen LogP contribution in [0.3, 0.4) is 0 Å². The van der Waals surface area contributed by atoms with Crippen LogP contribution in [-0.2, 0) is 13.8 Å². The molecule has 12 heteroatoms. The van der Waals surface area contributed by atoms with Gasteiger partial charge >= 0.3 is 13.5 Å². The van der Waals surface area contributed by atoms with Gasteiger partial charge in [0.05, 0.1) is 6.61 Å². The van der Waals surface area contributed by atoms with Gasteiger partial charge in [0.15, 0.2) is 12.4 Å². The van der Waals surface area contributed by atoms with Gasteiger partial charge in [-0.15, -0.1) is 0 Å². The zero-order valence-corrected chi connectivity index (χ0v) is 12.1. The van der Waals surface area contributed by atoms with Crippen molar-refractivity contribution in [3.05, 3.63) is 33.1 Å². The Hall–Kier alpha value is -1.36. The van der Waals surface area contributed by atoms with E-state index < -0.39 is 49.8 Å². The molecule has 0 bridgehead atoms. The number of aromatic nitrogens is 2. The van der Waals surface area contributed by atoms with E-state index in [1.807, 2.05) is 4.98 Å². The van der Waals surface area contributed by atoms with Gasteiger partial charge in [0.2, 0.25) is 0 Å². The molecule has 2 heterocycles. The minimum absolute atomic E-state index is 0.692. The lowest BCUT2D eigenvalue weighted by Crippen LogP contribution is -2.43. The Balaban J connectivity index is 2.28. The lowest BCUT2D eigenvalue weighted by Gasteiger charge is -2.26. The molecule has 4 atom stereocenters. The number of hydrogen-bond acceptors (Lipinski definition) is 6. The van der Waals surface area contributed by atoms with Crippen LogP contribution in [0.2, 0.25) is 0 Å². The molecule has 0 saturated carbocycles. The number of nitrogens with one attached hydrogen (secondary N) is 1. The first kappa shape index (κ1) is 17.0. The fourth-order valence-electron chi connectivity index (χ4n) is 2.07. The molecular weight excluding hydrogens is 326 g/mol.